The molecule has 31 heavy (non-hydrogen) atoms. The van der Waals surface area contributed by atoms with Gasteiger partial charge in [-0.3, -0.25) is 9.10 Å². The number of halogens is 2. The molecule has 1 aliphatic heterocycles. The highest BCUT2D eigenvalue weighted by molar-refractivity contribution is 7.92. The summed E-state index contributed by atoms with van der Waals surface area (Å²) in [6, 6.07) is 16.6. The number of nitrogens with one attached hydrogen (secondary N) is 1. The van der Waals surface area contributed by atoms with E-state index in [1.54, 1.807) is 18.2 Å². The minimum Gasteiger partial charge on any atom is -0.476 e. The fourth-order valence-corrected chi connectivity index (χ4v) is 4.84. The van der Waals surface area contributed by atoms with Gasteiger partial charge in [0.2, 0.25) is 0 Å². The standard InChI is InChI=1S/C22H18ClFN2O4S/c1-14-6-9-16(10-7-14)31(28,29)26-13-21(30-20-11-8-15(23)12-19(20)26)22(27)25-18-5-3-2-4-17(18)24/h2-12,21H,13H2,1H3,(H,25,27)/t21-/m1/s1. The smallest absolute Gasteiger partial charge is 0.267 e. The van der Waals surface area contributed by atoms with E-state index < -0.39 is 27.9 Å². The Labute approximate surface area is 184 Å². The second-order valence-corrected chi connectivity index (χ2v) is 9.34. The van der Waals surface area contributed by atoms with Crippen LogP contribution in [0.3, 0.4) is 0 Å². The lowest BCUT2D eigenvalue weighted by Crippen LogP contribution is -2.48. The summed E-state index contributed by atoms with van der Waals surface area (Å²) < 4.78 is 47.6. The Hall–Kier alpha value is -3.10. The molecule has 4 rings (SSSR count). The lowest BCUT2D eigenvalue weighted by Gasteiger charge is -2.35. The normalized spacial score (nSPS) is 15.7. The molecular formula is C22H18ClFN2O4S. The van der Waals surface area contributed by atoms with Crippen molar-refractivity contribution in [2.24, 2.45) is 0 Å². The van der Waals surface area contributed by atoms with E-state index in [0.29, 0.717) is 5.02 Å². The van der Waals surface area contributed by atoms with Gasteiger partial charge in [-0.05, 0) is 49.4 Å². The molecule has 9 heteroatoms. The monoisotopic (exact) mass is 460 g/mol. The molecule has 1 N–H and O–H groups in total. The Morgan fingerprint density at radius 1 is 1.13 bits per heavy atom. The SMILES string of the molecule is Cc1ccc(S(=O)(=O)N2C[C@H](C(=O)Nc3ccccc3F)Oc3ccc(Cl)cc32)cc1. The number of fused-ring (bicyclic) bond motifs is 1. The van der Waals surface area contributed by atoms with Crippen molar-refractivity contribution < 1.29 is 22.3 Å². The average molecular weight is 461 g/mol. The number of para-hydroxylation sites is 1. The van der Waals surface area contributed by atoms with Gasteiger partial charge >= 0.3 is 0 Å². The Balaban J connectivity index is 1.71. The van der Waals surface area contributed by atoms with E-state index in [1.165, 1.54) is 48.5 Å². The number of carbonyl (C=O) groups is 1. The van der Waals surface area contributed by atoms with E-state index in [0.717, 1.165) is 9.87 Å². The molecule has 0 aliphatic carbocycles. The second-order valence-electron chi connectivity index (χ2n) is 7.04. The summed E-state index contributed by atoms with van der Waals surface area (Å²) in [6.07, 6.45) is -1.20. The Bertz CT molecular complexity index is 1250. The van der Waals surface area contributed by atoms with Gasteiger partial charge < -0.3 is 10.1 Å². The number of hydrogen-bond donors (Lipinski definition) is 1. The van der Waals surface area contributed by atoms with Crippen LogP contribution >= 0.6 is 11.6 Å². The Morgan fingerprint density at radius 2 is 1.84 bits per heavy atom. The molecule has 1 atom stereocenters. The van der Waals surface area contributed by atoms with E-state index in [9.17, 15) is 17.6 Å². The van der Waals surface area contributed by atoms with Crippen molar-refractivity contribution in [2.75, 3.05) is 16.2 Å². The molecule has 0 bridgehead atoms. The molecule has 0 saturated carbocycles. The van der Waals surface area contributed by atoms with Crippen LogP contribution < -0.4 is 14.4 Å². The van der Waals surface area contributed by atoms with Crippen molar-refractivity contribution >= 4 is 38.9 Å². The number of amides is 1. The first kappa shape index (κ1) is 21.1. The predicted octanol–water partition coefficient (Wildman–Crippen LogP) is 4.38. The summed E-state index contributed by atoms with van der Waals surface area (Å²) in [5.74, 6) is -1.10. The maximum Gasteiger partial charge on any atom is 0.267 e. The molecule has 1 aliphatic rings. The number of rotatable bonds is 4. The van der Waals surface area contributed by atoms with Crippen molar-refractivity contribution in [3.8, 4) is 5.75 Å². The Morgan fingerprint density at radius 3 is 2.55 bits per heavy atom. The first-order valence-electron chi connectivity index (χ1n) is 9.37. The maximum atomic E-state index is 13.9. The maximum absolute atomic E-state index is 13.9. The molecule has 0 unspecified atom stereocenters. The van der Waals surface area contributed by atoms with Crippen molar-refractivity contribution in [3.05, 3.63) is 83.1 Å². The van der Waals surface area contributed by atoms with Crippen LogP contribution in [0.4, 0.5) is 15.8 Å². The van der Waals surface area contributed by atoms with Crippen LogP contribution in [0.15, 0.2) is 71.6 Å². The predicted molar refractivity (Wildman–Crippen MR) is 117 cm³/mol. The van der Waals surface area contributed by atoms with Crippen molar-refractivity contribution in [3.63, 3.8) is 0 Å². The van der Waals surface area contributed by atoms with Gasteiger partial charge in [0.15, 0.2) is 6.10 Å². The molecule has 3 aromatic carbocycles. The summed E-state index contributed by atoms with van der Waals surface area (Å²) in [4.78, 5) is 12.9. The van der Waals surface area contributed by atoms with Crippen LogP contribution in [0.1, 0.15) is 5.56 Å². The van der Waals surface area contributed by atoms with Crippen molar-refractivity contribution in [1.29, 1.82) is 0 Å². The first-order valence-corrected chi connectivity index (χ1v) is 11.2. The summed E-state index contributed by atoms with van der Waals surface area (Å²) in [5.41, 5.74) is 1.11. The molecular weight excluding hydrogens is 443 g/mol. The molecule has 0 fully saturated rings. The van der Waals surface area contributed by atoms with Crippen LogP contribution in [-0.4, -0.2) is 27.0 Å². The molecule has 0 spiro atoms. The summed E-state index contributed by atoms with van der Waals surface area (Å²) in [6.45, 7) is 1.55. The first-order chi connectivity index (χ1) is 14.8. The molecule has 3 aromatic rings. The van der Waals surface area contributed by atoms with E-state index in [1.807, 2.05) is 6.92 Å². The fraction of sp³-hybridized carbons (Fsp3) is 0.136. The van der Waals surface area contributed by atoms with Crippen LogP contribution in [0.25, 0.3) is 0 Å². The number of nitrogens with zero attached hydrogens (tertiary/aromatic N) is 1. The number of carbonyl (C=O) groups excluding carboxylic acids is 1. The van der Waals surface area contributed by atoms with E-state index in [4.69, 9.17) is 16.3 Å². The van der Waals surface area contributed by atoms with Gasteiger partial charge in [-0.1, -0.05) is 41.4 Å². The van der Waals surface area contributed by atoms with Gasteiger partial charge in [0.05, 0.1) is 22.8 Å². The van der Waals surface area contributed by atoms with Crippen LogP contribution in [0.5, 0.6) is 5.75 Å². The third-order valence-corrected chi connectivity index (χ3v) is 6.85. The number of sulfonamides is 1. The molecule has 160 valence electrons. The number of aryl methyl sites for hydroxylation is 1. The third kappa shape index (κ3) is 4.22. The third-order valence-electron chi connectivity index (χ3n) is 4.82. The topological polar surface area (TPSA) is 75.7 Å². The van der Waals surface area contributed by atoms with Crippen LogP contribution in [0, 0.1) is 12.7 Å². The highest BCUT2D eigenvalue weighted by Crippen LogP contribution is 2.39. The average Bonchev–Trinajstić information content (AvgIpc) is 2.74. The highest BCUT2D eigenvalue weighted by Gasteiger charge is 2.38. The van der Waals surface area contributed by atoms with Gasteiger partial charge in [0.1, 0.15) is 11.6 Å². The van der Waals surface area contributed by atoms with Gasteiger partial charge in [-0.2, -0.15) is 0 Å². The van der Waals surface area contributed by atoms with Crippen molar-refractivity contribution in [1.82, 2.24) is 0 Å². The molecule has 0 aromatic heterocycles. The van der Waals surface area contributed by atoms with Gasteiger partial charge in [-0.25, -0.2) is 12.8 Å². The quantitative estimate of drug-likeness (QED) is 0.626. The van der Waals surface area contributed by atoms with Gasteiger partial charge in [0.25, 0.3) is 15.9 Å². The van der Waals surface area contributed by atoms with E-state index >= 15 is 0 Å². The lowest BCUT2D eigenvalue weighted by molar-refractivity contribution is -0.122. The summed E-state index contributed by atoms with van der Waals surface area (Å²) >= 11 is 6.08. The minimum atomic E-state index is -4.02. The largest absolute Gasteiger partial charge is 0.476 e. The second kappa shape index (κ2) is 8.20. The molecule has 0 radical (unpaired) electrons. The highest BCUT2D eigenvalue weighted by atomic mass is 35.5. The van der Waals surface area contributed by atoms with Gasteiger partial charge in [-0.15, -0.1) is 0 Å². The summed E-state index contributed by atoms with van der Waals surface area (Å²) in [5, 5.41) is 2.77. The zero-order valence-corrected chi connectivity index (χ0v) is 18.0. The number of ether oxygens (including phenoxy) is 1. The minimum absolute atomic E-state index is 0.0223. The van der Waals surface area contributed by atoms with E-state index in [-0.39, 0.29) is 28.6 Å². The molecule has 0 saturated heterocycles. The molecule has 1 heterocycles. The zero-order chi connectivity index (χ0) is 22.2. The number of benzene rings is 3. The Kier molecular flexibility index (Phi) is 5.60. The number of hydrogen-bond acceptors (Lipinski definition) is 4. The van der Waals surface area contributed by atoms with Gasteiger partial charge in [0, 0.05) is 5.02 Å². The lowest BCUT2D eigenvalue weighted by atomic mass is 10.2. The van der Waals surface area contributed by atoms with Crippen LogP contribution in [-0.2, 0) is 14.8 Å². The molecule has 1 amide bonds. The zero-order valence-electron chi connectivity index (χ0n) is 16.4. The van der Waals surface area contributed by atoms with E-state index in [2.05, 4.69) is 5.32 Å². The number of anilines is 2. The summed E-state index contributed by atoms with van der Waals surface area (Å²) in [7, 11) is -4.02. The fourth-order valence-electron chi connectivity index (χ4n) is 3.20. The van der Waals surface area contributed by atoms with Crippen LogP contribution in [0.2, 0.25) is 5.02 Å². The molecule has 6 nitrogen and oxygen atoms in total. The van der Waals surface area contributed by atoms with Crippen molar-refractivity contribution in [2.45, 2.75) is 17.9 Å².